The van der Waals surface area contributed by atoms with E-state index in [1.54, 1.807) is 39.0 Å². The fourth-order valence-electron chi connectivity index (χ4n) is 5.92. The van der Waals surface area contributed by atoms with Crippen LogP contribution in [0.15, 0.2) is 85.5 Å². The van der Waals surface area contributed by atoms with Crippen LogP contribution in [-0.4, -0.2) is 70.2 Å². The largest absolute Gasteiger partial charge is 0.396 e. The first kappa shape index (κ1) is 34.5. The molecular weight excluding hydrogens is 600 g/mol. The number of methoxy groups -OCH3 is 2. The van der Waals surface area contributed by atoms with Crippen molar-refractivity contribution in [2.75, 3.05) is 31.5 Å². The number of rotatable bonds is 7. The van der Waals surface area contributed by atoms with Gasteiger partial charge in [-0.25, -0.2) is 19.9 Å². The predicted molar refractivity (Wildman–Crippen MR) is 188 cm³/mol. The van der Waals surface area contributed by atoms with Gasteiger partial charge in [-0.2, -0.15) is 0 Å². The lowest BCUT2D eigenvalue weighted by atomic mass is 9.87. The van der Waals surface area contributed by atoms with Crippen molar-refractivity contribution in [1.82, 2.24) is 19.9 Å². The van der Waals surface area contributed by atoms with Gasteiger partial charge in [-0.15, -0.1) is 0 Å². The summed E-state index contributed by atoms with van der Waals surface area (Å²) < 4.78 is 11.2. The molecule has 3 N–H and O–H groups in total. The van der Waals surface area contributed by atoms with Crippen LogP contribution in [0.5, 0.6) is 0 Å². The van der Waals surface area contributed by atoms with Gasteiger partial charge in [0, 0.05) is 62.8 Å². The van der Waals surface area contributed by atoms with Gasteiger partial charge in [0.15, 0.2) is 0 Å². The monoisotopic (exact) mass is 644 g/mol. The Morgan fingerprint density at radius 2 is 1.04 bits per heavy atom. The van der Waals surface area contributed by atoms with Crippen molar-refractivity contribution in [1.29, 1.82) is 0 Å². The van der Waals surface area contributed by atoms with E-state index in [1.807, 2.05) is 60.7 Å². The van der Waals surface area contributed by atoms with Gasteiger partial charge < -0.3 is 25.2 Å². The molecule has 0 radical (unpaired) electrons. The molecule has 0 bridgehead atoms. The number of benzene rings is 2. The van der Waals surface area contributed by atoms with Gasteiger partial charge in [0.25, 0.3) is 0 Å². The molecule has 248 valence electrons. The van der Waals surface area contributed by atoms with Crippen LogP contribution >= 0.6 is 0 Å². The molecule has 2 aromatic heterocycles. The van der Waals surface area contributed by atoms with E-state index in [9.17, 15) is 5.11 Å². The zero-order valence-electron chi connectivity index (χ0n) is 27.7. The molecule has 6 rings (SSSR count). The van der Waals surface area contributed by atoms with Crippen LogP contribution in [-0.2, 0) is 9.47 Å². The van der Waals surface area contributed by atoms with E-state index in [1.165, 1.54) is 0 Å². The van der Waals surface area contributed by atoms with E-state index in [0.717, 1.165) is 67.2 Å². The highest BCUT2D eigenvalue weighted by Gasteiger charge is 2.34. The number of aliphatic hydroxyl groups is 1. The molecule has 2 saturated carbocycles. The van der Waals surface area contributed by atoms with E-state index >= 15 is 0 Å². The van der Waals surface area contributed by atoms with Crippen LogP contribution in [0.25, 0.3) is 0 Å². The molecule has 9 heteroatoms. The van der Waals surface area contributed by atoms with Crippen LogP contribution < -0.4 is 10.6 Å². The Bertz CT molecular complexity index is 1630. The van der Waals surface area contributed by atoms with Gasteiger partial charge in [-0.05, 0) is 75.1 Å². The number of hydrogen-bond acceptors (Lipinski definition) is 9. The molecule has 48 heavy (non-hydrogen) atoms. The maximum atomic E-state index is 9.17. The average molecular weight is 645 g/mol. The maximum absolute atomic E-state index is 9.17. The summed E-state index contributed by atoms with van der Waals surface area (Å²) in [6, 6.07) is 20.2. The van der Waals surface area contributed by atoms with Gasteiger partial charge in [0.05, 0.1) is 29.4 Å². The highest BCUT2D eigenvalue weighted by Crippen LogP contribution is 2.26. The summed E-state index contributed by atoms with van der Waals surface area (Å²) in [6.07, 6.45) is 14.5. The molecule has 0 spiro atoms. The standard InChI is InChI=1S/C20H23N3O2.C19H21N3O/c1-24-17-9-6-10-18(25-2)19(17)23-20-21-13-16(14-22-20)12-11-15-7-4-3-5-8-15;23-14-16-8-10-18(11-9-16)22-19-20-12-17(13-21-19)7-6-15-4-2-1-3-5-15/h3-5,7-8,13-14,17-19H,6,9-10H2,1-2H3,(H,21,22,23);1-5,12-13,16,18,23H,8-11,14H2,(H,20,21,22)/t;16-,18-. The summed E-state index contributed by atoms with van der Waals surface area (Å²) in [5.74, 6) is 14.0. The second kappa shape index (κ2) is 18.5. The molecule has 9 nitrogen and oxygen atoms in total. The van der Waals surface area contributed by atoms with Crippen molar-refractivity contribution < 1.29 is 14.6 Å². The van der Waals surface area contributed by atoms with Gasteiger partial charge in [0.2, 0.25) is 11.9 Å². The van der Waals surface area contributed by atoms with Crippen LogP contribution in [0.4, 0.5) is 11.9 Å². The summed E-state index contributed by atoms with van der Waals surface area (Å²) in [7, 11) is 3.47. The highest BCUT2D eigenvalue weighted by molar-refractivity contribution is 5.43. The van der Waals surface area contributed by atoms with Gasteiger partial charge >= 0.3 is 0 Å². The Labute approximate surface area is 284 Å². The SMILES string of the molecule is COC1CCCC(OC)C1Nc1ncc(C#Cc2ccccc2)cn1.OC[C@H]1CC[C@H](Nc2ncc(C#Cc3ccccc3)cn2)CC1. The predicted octanol–water partition coefficient (Wildman–Crippen LogP) is 5.71. The van der Waals surface area contributed by atoms with Crippen molar-refractivity contribution in [3.63, 3.8) is 0 Å². The van der Waals surface area contributed by atoms with Crippen LogP contribution in [0, 0.1) is 29.6 Å². The van der Waals surface area contributed by atoms with Crippen molar-refractivity contribution in [2.24, 2.45) is 5.92 Å². The summed E-state index contributed by atoms with van der Waals surface area (Å²) in [5, 5.41) is 15.9. The third-order valence-electron chi connectivity index (χ3n) is 8.67. The Morgan fingerprint density at radius 1 is 0.604 bits per heavy atom. The fraction of sp³-hybridized carbons (Fsp3) is 0.385. The van der Waals surface area contributed by atoms with Crippen molar-refractivity contribution in [3.05, 3.63) is 108 Å². The molecule has 2 aliphatic carbocycles. The van der Waals surface area contributed by atoms with Gasteiger partial charge in [-0.3, -0.25) is 0 Å². The van der Waals surface area contributed by atoms with Crippen molar-refractivity contribution in [2.45, 2.75) is 69.2 Å². The van der Waals surface area contributed by atoms with Crippen LogP contribution in [0.3, 0.4) is 0 Å². The van der Waals surface area contributed by atoms with Crippen molar-refractivity contribution >= 4 is 11.9 Å². The second-order valence-corrected chi connectivity index (χ2v) is 12.0. The zero-order chi connectivity index (χ0) is 33.4. The molecule has 2 atom stereocenters. The third kappa shape index (κ3) is 10.6. The smallest absolute Gasteiger partial charge is 0.223 e. The number of aliphatic hydroxyl groups excluding tert-OH is 1. The summed E-state index contributed by atoms with van der Waals surface area (Å²) in [6.45, 7) is 0.304. The molecule has 4 aromatic rings. The minimum absolute atomic E-state index is 0.0463. The summed E-state index contributed by atoms with van der Waals surface area (Å²) >= 11 is 0. The quantitative estimate of drug-likeness (QED) is 0.218. The molecule has 2 unspecified atom stereocenters. The third-order valence-corrected chi connectivity index (χ3v) is 8.67. The highest BCUT2D eigenvalue weighted by atomic mass is 16.5. The molecule has 2 aliphatic rings. The summed E-state index contributed by atoms with van der Waals surface area (Å²) in [5.41, 5.74) is 3.54. The Hall–Kier alpha value is -4.80. The first-order valence-electron chi connectivity index (χ1n) is 16.6. The molecule has 0 saturated heterocycles. The van der Waals surface area contributed by atoms with Crippen LogP contribution in [0.2, 0.25) is 0 Å². The minimum Gasteiger partial charge on any atom is -0.396 e. The molecule has 2 aromatic carbocycles. The van der Waals surface area contributed by atoms with Crippen molar-refractivity contribution in [3.8, 4) is 23.7 Å². The number of nitrogens with zero attached hydrogens (tertiary/aromatic N) is 4. The van der Waals surface area contributed by atoms with Gasteiger partial charge in [-0.1, -0.05) is 60.1 Å². The lowest BCUT2D eigenvalue weighted by molar-refractivity contribution is -0.0213. The molecule has 2 heterocycles. The lowest BCUT2D eigenvalue weighted by Gasteiger charge is -2.36. The molecule has 0 amide bonds. The number of anilines is 2. The number of ether oxygens (including phenoxy) is 2. The lowest BCUT2D eigenvalue weighted by Crippen LogP contribution is -2.48. The van der Waals surface area contributed by atoms with E-state index in [0.29, 0.717) is 30.5 Å². The minimum atomic E-state index is 0.0463. The number of hydrogen-bond donors (Lipinski definition) is 3. The molecule has 0 aliphatic heterocycles. The van der Waals surface area contributed by atoms with E-state index in [2.05, 4.69) is 54.3 Å². The topological polar surface area (TPSA) is 114 Å². The normalized spacial score (nSPS) is 21.6. The van der Waals surface area contributed by atoms with E-state index in [-0.39, 0.29) is 18.2 Å². The van der Waals surface area contributed by atoms with E-state index < -0.39 is 0 Å². The maximum Gasteiger partial charge on any atom is 0.223 e. The Morgan fingerprint density at radius 3 is 1.48 bits per heavy atom. The van der Waals surface area contributed by atoms with Crippen LogP contribution in [0.1, 0.15) is 67.2 Å². The number of nitrogens with one attached hydrogen (secondary N) is 2. The number of aromatic nitrogens is 4. The zero-order valence-corrected chi connectivity index (χ0v) is 27.7. The van der Waals surface area contributed by atoms with Gasteiger partial charge in [0.1, 0.15) is 0 Å². The average Bonchev–Trinajstić information content (AvgIpc) is 3.16. The molecular formula is C39H44N6O3. The first-order chi connectivity index (χ1) is 23.6. The summed E-state index contributed by atoms with van der Waals surface area (Å²) in [4.78, 5) is 17.5. The fourth-order valence-corrected chi connectivity index (χ4v) is 5.92. The second-order valence-electron chi connectivity index (χ2n) is 12.0. The molecule has 2 fully saturated rings. The first-order valence-corrected chi connectivity index (χ1v) is 16.6. The Kier molecular flexibility index (Phi) is 13.3. The Balaban J connectivity index is 0.000000188. The van der Waals surface area contributed by atoms with E-state index in [4.69, 9.17) is 9.47 Å².